The number of halogens is 3. The molecule has 0 aliphatic rings. The number of carbonyl (C=O) groups excluding carboxylic acids is 1. The normalized spacial score (nSPS) is 11.9. The molecule has 1 N–H and O–H groups in total. The van der Waals surface area contributed by atoms with Crippen molar-refractivity contribution >= 4 is 15.9 Å². The van der Waals surface area contributed by atoms with E-state index in [1.165, 1.54) is 39.4 Å². The first kappa shape index (κ1) is 21.7. The number of hydroxylamine groups is 2. The van der Waals surface area contributed by atoms with Crippen molar-refractivity contribution in [2.45, 2.75) is 11.1 Å². The number of hydrogen-bond acceptors (Lipinski definition) is 5. The van der Waals surface area contributed by atoms with Crippen molar-refractivity contribution in [3.05, 3.63) is 53.6 Å². The zero-order chi connectivity index (χ0) is 21.1. The monoisotopic (exact) mass is 418 g/mol. The summed E-state index contributed by atoms with van der Waals surface area (Å²) < 4.78 is 70.2. The molecule has 0 atom stereocenters. The van der Waals surface area contributed by atoms with Crippen molar-refractivity contribution in [3.8, 4) is 11.5 Å². The Bertz CT molecular complexity index is 977. The van der Waals surface area contributed by atoms with Gasteiger partial charge in [0.2, 0.25) is 10.0 Å². The SMILES string of the molecule is CNS(=O)(=O)c1ccc(Oc2cccc(C(F)(F)F)c2)c(C(=O)N(C)OC)c1. The fourth-order valence-electron chi connectivity index (χ4n) is 2.17. The van der Waals surface area contributed by atoms with Crippen molar-refractivity contribution in [2.24, 2.45) is 0 Å². The van der Waals surface area contributed by atoms with E-state index in [1.807, 2.05) is 0 Å². The maximum absolute atomic E-state index is 12.9. The molecule has 152 valence electrons. The van der Waals surface area contributed by atoms with Crippen LogP contribution >= 0.6 is 0 Å². The Morgan fingerprint density at radius 3 is 2.39 bits per heavy atom. The van der Waals surface area contributed by atoms with Gasteiger partial charge in [-0.25, -0.2) is 18.2 Å². The summed E-state index contributed by atoms with van der Waals surface area (Å²) in [5, 5.41) is 0.824. The average Bonchev–Trinajstić information content (AvgIpc) is 2.66. The minimum Gasteiger partial charge on any atom is -0.457 e. The van der Waals surface area contributed by atoms with E-state index in [0.717, 1.165) is 29.3 Å². The molecule has 0 aliphatic carbocycles. The topological polar surface area (TPSA) is 84.9 Å². The molecule has 2 aromatic rings. The number of nitrogens with zero attached hydrogens (tertiary/aromatic N) is 1. The highest BCUT2D eigenvalue weighted by Gasteiger charge is 2.31. The Morgan fingerprint density at radius 2 is 1.82 bits per heavy atom. The molecule has 0 aliphatic heterocycles. The Morgan fingerprint density at radius 1 is 1.14 bits per heavy atom. The largest absolute Gasteiger partial charge is 0.457 e. The number of alkyl halides is 3. The predicted octanol–water partition coefficient (Wildman–Crippen LogP) is 3.04. The van der Waals surface area contributed by atoms with E-state index < -0.39 is 27.7 Å². The maximum Gasteiger partial charge on any atom is 0.416 e. The van der Waals surface area contributed by atoms with Crippen LogP contribution in [0.3, 0.4) is 0 Å². The van der Waals surface area contributed by atoms with Crippen LogP contribution in [0.5, 0.6) is 11.5 Å². The molecule has 0 saturated carbocycles. The summed E-state index contributed by atoms with van der Waals surface area (Å²) in [6, 6.07) is 7.47. The highest BCUT2D eigenvalue weighted by Crippen LogP contribution is 2.34. The van der Waals surface area contributed by atoms with Gasteiger partial charge in [0.1, 0.15) is 11.5 Å². The molecule has 2 rings (SSSR count). The van der Waals surface area contributed by atoms with Crippen LogP contribution in [0.4, 0.5) is 13.2 Å². The van der Waals surface area contributed by atoms with Crippen LogP contribution in [0.2, 0.25) is 0 Å². The molecule has 0 aromatic heterocycles. The van der Waals surface area contributed by atoms with Crippen LogP contribution in [-0.4, -0.2) is 40.6 Å². The molecule has 0 spiro atoms. The fraction of sp³-hybridized carbons (Fsp3) is 0.235. The number of ether oxygens (including phenoxy) is 1. The van der Waals surface area contributed by atoms with Crippen LogP contribution in [0, 0.1) is 0 Å². The van der Waals surface area contributed by atoms with E-state index in [2.05, 4.69) is 4.72 Å². The highest BCUT2D eigenvalue weighted by molar-refractivity contribution is 7.89. The van der Waals surface area contributed by atoms with Gasteiger partial charge >= 0.3 is 6.18 Å². The number of hydrogen-bond donors (Lipinski definition) is 1. The fourth-order valence-corrected chi connectivity index (χ4v) is 2.92. The van der Waals surface area contributed by atoms with Gasteiger partial charge in [0.05, 0.1) is 23.1 Å². The van der Waals surface area contributed by atoms with Gasteiger partial charge in [-0.3, -0.25) is 9.63 Å². The van der Waals surface area contributed by atoms with Gasteiger partial charge in [-0.15, -0.1) is 0 Å². The molecule has 0 unspecified atom stereocenters. The zero-order valence-corrected chi connectivity index (χ0v) is 15.9. The molecule has 2 aromatic carbocycles. The van der Waals surface area contributed by atoms with Gasteiger partial charge in [-0.05, 0) is 43.4 Å². The highest BCUT2D eigenvalue weighted by atomic mass is 32.2. The van der Waals surface area contributed by atoms with Crippen LogP contribution in [-0.2, 0) is 21.0 Å². The summed E-state index contributed by atoms with van der Waals surface area (Å²) in [7, 11) is -0.160. The van der Waals surface area contributed by atoms with Crippen LogP contribution in [0.15, 0.2) is 47.4 Å². The van der Waals surface area contributed by atoms with E-state index >= 15 is 0 Å². The van der Waals surface area contributed by atoms with E-state index in [0.29, 0.717) is 0 Å². The second kappa shape index (κ2) is 8.17. The van der Waals surface area contributed by atoms with Gasteiger partial charge in [0.25, 0.3) is 5.91 Å². The van der Waals surface area contributed by atoms with E-state index in [9.17, 15) is 26.4 Å². The maximum atomic E-state index is 12.9. The molecule has 0 heterocycles. The van der Waals surface area contributed by atoms with E-state index in [-0.39, 0.29) is 22.0 Å². The molecular weight excluding hydrogens is 401 g/mol. The standard InChI is InChI=1S/C17H17F3N2O5S/c1-21-28(24,25)13-7-8-15(14(10-13)16(23)22(2)26-3)27-12-6-4-5-11(9-12)17(18,19)20/h4-10,21H,1-3H3. The smallest absolute Gasteiger partial charge is 0.416 e. The average molecular weight is 418 g/mol. The predicted molar refractivity (Wildman–Crippen MR) is 93.3 cm³/mol. The second-order valence-electron chi connectivity index (χ2n) is 5.48. The Labute approximate surface area is 159 Å². The molecule has 7 nitrogen and oxygen atoms in total. The van der Waals surface area contributed by atoms with Crippen LogP contribution in [0.1, 0.15) is 15.9 Å². The number of nitrogens with one attached hydrogen (secondary N) is 1. The lowest BCUT2D eigenvalue weighted by molar-refractivity contribution is -0.137. The quantitative estimate of drug-likeness (QED) is 0.729. The first-order valence-electron chi connectivity index (χ1n) is 7.74. The molecule has 0 radical (unpaired) electrons. The first-order valence-corrected chi connectivity index (χ1v) is 9.23. The molecule has 11 heteroatoms. The minimum atomic E-state index is -4.57. The molecule has 0 fully saturated rings. The lowest BCUT2D eigenvalue weighted by Gasteiger charge is -2.18. The number of benzene rings is 2. The summed E-state index contributed by atoms with van der Waals surface area (Å²) in [4.78, 5) is 17.1. The van der Waals surface area contributed by atoms with Crippen molar-refractivity contribution in [1.29, 1.82) is 0 Å². The van der Waals surface area contributed by atoms with Gasteiger partial charge in [-0.2, -0.15) is 13.2 Å². The Kier molecular flexibility index (Phi) is 6.32. The number of sulfonamides is 1. The van der Waals surface area contributed by atoms with Crippen LogP contribution < -0.4 is 9.46 Å². The summed E-state index contributed by atoms with van der Waals surface area (Å²) >= 11 is 0. The summed E-state index contributed by atoms with van der Waals surface area (Å²) in [6.07, 6.45) is -4.57. The summed E-state index contributed by atoms with van der Waals surface area (Å²) in [5.41, 5.74) is -1.14. The van der Waals surface area contributed by atoms with Gasteiger partial charge in [0, 0.05) is 7.05 Å². The van der Waals surface area contributed by atoms with Crippen molar-refractivity contribution < 1.29 is 36.0 Å². The molecular formula is C17H17F3N2O5S. The number of amides is 1. The lowest BCUT2D eigenvalue weighted by atomic mass is 10.1. The summed E-state index contributed by atoms with van der Waals surface area (Å²) in [5.74, 6) is -1.06. The molecule has 28 heavy (non-hydrogen) atoms. The van der Waals surface area contributed by atoms with E-state index in [4.69, 9.17) is 9.57 Å². The lowest BCUT2D eigenvalue weighted by Crippen LogP contribution is -2.26. The minimum absolute atomic E-state index is 0.136. The van der Waals surface area contributed by atoms with Crippen molar-refractivity contribution in [1.82, 2.24) is 9.79 Å². The van der Waals surface area contributed by atoms with Gasteiger partial charge < -0.3 is 4.74 Å². The Hall–Kier alpha value is -2.63. The van der Waals surface area contributed by atoms with E-state index in [1.54, 1.807) is 0 Å². The molecule has 1 amide bonds. The van der Waals surface area contributed by atoms with Crippen LogP contribution in [0.25, 0.3) is 0 Å². The first-order chi connectivity index (χ1) is 13.0. The number of rotatable bonds is 6. The Balaban J connectivity index is 2.53. The third-order valence-corrected chi connectivity index (χ3v) is 5.12. The zero-order valence-electron chi connectivity index (χ0n) is 15.1. The molecule has 0 saturated heterocycles. The third kappa shape index (κ3) is 4.80. The van der Waals surface area contributed by atoms with Crippen molar-refractivity contribution in [2.75, 3.05) is 21.2 Å². The van der Waals surface area contributed by atoms with Crippen molar-refractivity contribution in [3.63, 3.8) is 0 Å². The molecule has 0 bridgehead atoms. The van der Waals surface area contributed by atoms with Gasteiger partial charge in [-0.1, -0.05) is 6.07 Å². The summed E-state index contributed by atoms with van der Waals surface area (Å²) in [6.45, 7) is 0. The number of carbonyl (C=O) groups is 1. The second-order valence-corrected chi connectivity index (χ2v) is 7.36. The third-order valence-electron chi connectivity index (χ3n) is 3.71. The van der Waals surface area contributed by atoms with Gasteiger partial charge in [0.15, 0.2) is 0 Å².